The van der Waals surface area contributed by atoms with E-state index in [1.165, 1.54) is 5.56 Å². The van der Waals surface area contributed by atoms with Gasteiger partial charge in [-0.25, -0.2) is 13.6 Å². The predicted molar refractivity (Wildman–Crippen MR) is 139 cm³/mol. The molecule has 8 nitrogen and oxygen atoms in total. The Kier molecular flexibility index (Phi) is 5.86. The van der Waals surface area contributed by atoms with Crippen LogP contribution < -0.4 is 15.5 Å². The van der Waals surface area contributed by atoms with E-state index in [2.05, 4.69) is 41.0 Å². The fourth-order valence-corrected chi connectivity index (χ4v) is 7.66. The second-order valence-electron chi connectivity index (χ2n) is 9.86. The van der Waals surface area contributed by atoms with Crippen LogP contribution in [-0.4, -0.2) is 64.9 Å². The van der Waals surface area contributed by atoms with Crippen molar-refractivity contribution in [1.82, 2.24) is 9.97 Å². The fourth-order valence-electron chi connectivity index (χ4n) is 5.28. The number of fused-ring (bicyclic) bond motifs is 2. The lowest BCUT2D eigenvalue weighted by atomic mass is 10.1. The fraction of sp³-hybridized carbons (Fsp3) is 0.462. The third-order valence-corrected chi connectivity index (χ3v) is 9.63. The van der Waals surface area contributed by atoms with Gasteiger partial charge in [0.1, 0.15) is 5.82 Å². The number of anilines is 2. The Morgan fingerprint density at radius 2 is 2.00 bits per heavy atom. The van der Waals surface area contributed by atoms with Crippen LogP contribution in [0.3, 0.4) is 0 Å². The van der Waals surface area contributed by atoms with Gasteiger partial charge in [0.05, 0.1) is 38.5 Å². The first-order chi connectivity index (χ1) is 17.0. The first-order valence-electron chi connectivity index (χ1n) is 12.4. The van der Waals surface area contributed by atoms with Gasteiger partial charge in [-0.15, -0.1) is 0 Å². The molecule has 2 saturated heterocycles. The van der Waals surface area contributed by atoms with E-state index in [0.717, 1.165) is 53.1 Å². The van der Waals surface area contributed by atoms with E-state index < -0.39 is 9.73 Å². The van der Waals surface area contributed by atoms with Crippen LogP contribution in [0.5, 0.6) is 0 Å². The summed E-state index contributed by atoms with van der Waals surface area (Å²) in [4.78, 5) is 15.3. The van der Waals surface area contributed by atoms with Gasteiger partial charge < -0.3 is 20.3 Å². The number of nitrogens with two attached hydrogens (primary N) is 1. The third kappa shape index (κ3) is 4.37. The van der Waals surface area contributed by atoms with Crippen molar-refractivity contribution in [2.75, 3.05) is 48.4 Å². The summed E-state index contributed by atoms with van der Waals surface area (Å²) in [6.07, 6.45) is 1.79. The molecule has 2 fully saturated rings. The highest BCUT2D eigenvalue weighted by Gasteiger charge is 2.29. The number of nitrogens with zero attached hydrogens (tertiary/aromatic N) is 5. The van der Waals surface area contributed by atoms with Crippen molar-refractivity contribution in [3.63, 3.8) is 0 Å². The molecule has 35 heavy (non-hydrogen) atoms. The molecule has 1 aromatic heterocycles. The average Bonchev–Trinajstić information content (AvgIpc) is 3.50. The van der Waals surface area contributed by atoms with Gasteiger partial charge in [-0.2, -0.15) is 4.98 Å². The molecule has 2 unspecified atom stereocenters. The van der Waals surface area contributed by atoms with E-state index in [9.17, 15) is 4.21 Å². The first kappa shape index (κ1) is 22.7. The van der Waals surface area contributed by atoms with Gasteiger partial charge in [-0.3, -0.25) is 0 Å². The highest BCUT2D eigenvalue weighted by Crippen LogP contribution is 2.32. The van der Waals surface area contributed by atoms with Gasteiger partial charge in [0.15, 0.2) is 0 Å². The molecule has 2 aromatic carbocycles. The summed E-state index contributed by atoms with van der Waals surface area (Å²) in [5.41, 5.74) is 9.36. The van der Waals surface area contributed by atoms with Gasteiger partial charge in [-0.1, -0.05) is 29.8 Å². The van der Waals surface area contributed by atoms with Crippen molar-refractivity contribution in [1.29, 1.82) is 0 Å². The maximum absolute atomic E-state index is 14.2. The van der Waals surface area contributed by atoms with Gasteiger partial charge in [0, 0.05) is 44.2 Å². The van der Waals surface area contributed by atoms with Crippen molar-refractivity contribution >= 4 is 32.4 Å². The lowest BCUT2D eigenvalue weighted by Crippen LogP contribution is -2.30. The number of ether oxygens (including phenoxy) is 1. The maximum atomic E-state index is 14.2. The molecule has 3 aliphatic rings. The van der Waals surface area contributed by atoms with E-state index in [4.69, 9.17) is 24.8 Å². The van der Waals surface area contributed by atoms with Gasteiger partial charge in [0.2, 0.25) is 5.95 Å². The zero-order valence-electron chi connectivity index (χ0n) is 20.1. The van der Waals surface area contributed by atoms with Gasteiger partial charge in [-0.05, 0) is 43.5 Å². The van der Waals surface area contributed by atoms with Crippen molar-refractivity contribution in [2.45, 2.75) is 43.3 Å². The van der Waals surface area contributed by atoms with Crippen LogP contribution in [0.1, 0.15) is 24.0 Å². The van der Waals surface area contributed by atoms with Crippen LogP contribution in [-0.2, 0) is 21.0 Å². The second-order valence-corrected chi connectivity index (χ2v) is 12.2. The molecule has 0 aliphatic carbocycles. The second kappa shape index (κ2) is 9.04. The monoisotopic (exact) mass is 492 g/mol. The molecular formula is C26H32N6O2S. The maximum Gasteiger partial charge on any atom is 0.228 e. The summed E-state index contributed by atoms with van der Waals surface area (Å²) in [6.45, 7) is 6.18. The quantitative estimate of drug-likeness (QED) is 0.600. The zero-order valence-corrected chi connectivity index (χ0v) is 20.9. The van der Waals surface area contributed by atoms with Crippen molar-refractivity contribution in [2.24, 2.45) is 10.1 Å². The summed E-state index contributed by atoms with van der Waals surface area (Å²) in [5.74, 6) is 2.05. The number of aromatic nitrogens is 2. The molecule has 0 saturated carbocycles. The first-order valence-corrected chi connectivity index (χ1v) is 14.1. The summed E-state index contributed by atoms with van der Waals surface area (Å²) >= 11 is 0. The van der Waals surface area contributed by atoms with E-state index in [1.807, 2.05) is 18.2 Å². The van der Waals surface area contributed by atoms with Gasteiger partial charge in [0.25, 0.3) is 0 Å². The average molecular weight is 493 g/mol. The van der Waals surface area contributed by atoms with E-state index in [1.54, 1.807) is 0 Å². The van der Waals surface area contributed by atoms with Crippen LogP contribution >= 0.6 is 0 Å². The summed E-state index contributed by atoms with van der Waals surface area (Å²) in [5, 5.41) is 1.05. The van der Waals surface area contributed by atoms with E-state index >= 15 is 0 Å². The Hall–Kier alpha value is -2.75. The summed E-state index contributed by atoms with van der Waals surface area (Å²) in [7, 11) is -2.57. The Bertz CT molecular complexity index is 1380. The smallest absolute Gasteiger partial charge is 0.228 e. The molecule has 0 spiro atoms. The molecule has 0 radical (unpaired) electrons. The number of rotatable bonds is 3. The molecule has 0 amide bonds. The Balaban J connectivity index is 1.43. The zero-order chi connectivity index (χ0) is 24.0. The molecule has 184 valence electrons. The highest BCUT2D eigenvalue weighted by molar-refractivity contribution is 7.93. The predicted octanol–water partition coefficient (Wildman–Crippen LogP) is 3.11. The Labute approximate surface area is 206 Å². The molecule has 6 rings (SSSR count). The Morgan fingerprint density at radius 3 is 2.80 bits per heavy atom. The third-order valence-electron chi connectivity index (χ3n) is 7.17. The minimum atomic E-state index is -2.57. The minimum Gasteiger partial charge on any atom is -0.379 e. The summed E-state index contributed by atoms with van der Waals surface area (Å²) < 4.78 is 24.6. The van der Waals surface area contributed by atoms with Crippen molar-refractivity contribution in [3.8, 4) is 0 Å². The molecule has 2 N–H and O–H groups in total. The summed E-state index contributed by atoms with van der Waals surface area (Å²) in [6, 6.07) is 14.5. The Morgan fingerprint density at radius 1 is 1.11 bits per heavy atom. The van der Waals surface area contributed by atoms with Crippen LogP contribution in [0.25, 0.3) is 10.9 Å². The van der Waals surface area contributed by atoms with Gasteiger partial charge >= 0.3 is 0 Å². The number of hydrogen-bond donors (Lipinski definition) is 1. The normalized spacial score (nSPS) is 26.7. The molecule has 0 bridgehead atoms. The lowest BCUT2D eigenvalue weighted by molar-refractivity contribution is 0.194. The largest absolute Gasteiger partial charge is 0.379 e. The van der Waals surface area contributed by atoms with E-state index in [0.29, 0.717) is 38.0 Å². The molecule has 3 aromatic rings. The van der Waals surface area contributed by atoms with Crippen molar-refractivity contribution in [3.05, 3.63) is 53.6 Å². The minimum absolute atomic E-state index is 0.00626. The SMILES string of the molecule is Cc1ccc2nc(N3CCS(=O)(=NC4CCOC4)c4ccccc4C3)nc(N3CC[C@H](N)C3)c2c1. The molecule has 3 atom stereocenters. The number of hydrogen-bond acceptors (Lipinski definition) is 8. The standard InChI is InChI=1S/C26H32N6O2S/c1-18-6-7-23-22(14-18)25(31-10-8-20(27)16-31)29-26(28-23)32-11-13-35(33,30-21-9-12-34-17-21)24-5-3-2-4-19(24)15-32/h2-7,14,20-21H,8-13,15-17,27H2,1H3/t20-,21?,35?/m0/s1. The lowest BCUT2D eigenvalue weighted by Gasteiger charge is -2.25. The van der Waals surface area contributed by atoms with Crippen LogP contribution in [0.4, 0.5) is 11.8 Å². The topological polar surface area (TPSA) is 96.9 Å². The van der Waals surface area contributed by atoms with Crippen molar-refractivity contribution < 1.29 is 8.95 Å². The molecular weight excluding hydrogens is 460 g/mol. The number of benzene rings is 2. The molecule has 9 heteroatoms. The van der Waals surface area contributed by atoms with Crippen LogP contribution in [0, 0.1) is 6.92 Å². The molecule has 3 aliphatic heterocycles. The van der Waals surface area contributed by atoms with Crippen LogP contribution in [0.15, 0.2) is 51.7 Å². The van der Waals surface area contributed by atoms with E-state index in [-0.39, 0.29) is 12.1 Å². The number of aryl methyl sites for hydroxylation is 1. The van der Waals surface area contributed by atoms with Crippen LogP contribution in [0.2, 0.25) is 0 Å². The highest BCUT2D eigenvalue weighted by atomic mass is 32.2. The molecule has 4 heterocycles.